The number of anilines is 2. The average Bonchev–Trinajstić information content (AvgIpc) is 3.40. The Kier molecular flexibility index (Phi) is 6.64. The van der Waals surface area contributed by atoms with Crippen molar-refractivity contribution in [3.8, 4) is 11.5 Å². The Bertz CT molecular complexity index is 1130. The van der Waals surface area contributed by atoms with Crippen molar-refractivity contribution in [2.24, 2.45) is 11.8 Å². The van der Waals surface area contributed by atoms with E-state index >= 15 is 0 Å². The molecule has 6 nitrogen and oxygen atoms in total. The fraction of sp³-hybridized carbons (Fsp3) is 0.440. The summed E-state index contributed by atoms with van der Waals surface area (Å²) < 4.78 is 26.7. The smallest absolute Gasteiger partial charge is 0.162 e. The van der Waals surface area contributed by atoms with Gasteiger partial charge in [0.1, 0.15) is 18.0 Å². The molecule has 2 unspecified atom stereocenters. The highest BCUT2D eigenvalue weighted by Crippen LogP contribution is 2.38. The first-order chi connectivity index (χ1) is 16.1. The van der Waals surface area contributed by atoms with Crippen molar-refractivity contribution in [3.05, 3.63) is 46.9 Å². The second-order valence-electron chi connectivity index (χ2n) is 8.90. The maximum absolute atomic E-state index is 14.4. The van der Waals surface area contributed by atoms with E-state index in [4.69, 9.17) is 9.47 Å². The monoisotopic (exact) mass is 514 g/mol. The summed E-state index contributed by atoms with van der Waals surface area (Å²) in [5.41, 5.74) is 1.03. The van der Waals surface area contributed by atoms with E-state index in [1.165, 1.54) is 44.7 Å². The molecular formula is C25H28BrFN4O2. The van der Waals surface area contributed by atoms with E-state index in [0.29, 0.717) is 39.6 Å². The summed E-state index contributed by atoms with van der Waals surface area (Å²) in [7, 11) is 1.62. The molecule has 2 heterocycles. The molecule has 8 heteroatoms. The van der Waals surface area contributed by atoms with Gasteiger partial charge in [0.2, 0.25) is 0 Å². The number of likely N-dealkylation sites (tertiary alicyclic amines) is 1. The molecule has 2 aromatic carbocycles. The fourth-order valence-corrected chi connectivity index (χ4v) is 5.47. The van der Waals surface area contributed by atoms with Gasteiger partial charge < -0.3 is 19.7 Å². The van der Waals surface area contributed by atoms with E-state index in [2.05, 4.69) is 36.1 Å². The van der Waals surface area contributed by atoms with Crippen molar-refractivity contribution in [2.45, 2.75) is 25.7 Å². The highest BCUT2D eigenvalue weighted by atomic mass is 79.9. The lowest BCUT2D eigenvalue weighted by Gasteiger charge is -2.17. The second-order valence-corrected chi connectivity index (χ2v) is 9.82. The van der Waals surface area contributed by atoms with Crippen LogP contribution in [0.25, 0.3) is 10.9 Å². The lowest BCUT2D eigenvalue weighted by molar-refractivity contribution is 0.246. The van der Waals surface area contributed by atoms with Crippen LogP contribution < -0.4 is 14.8 Å². The van der Waals surface area contributed by atoms with Crippen LogP contribution >= 0.6 is 15.9 Å². The summed E-state index contributed by atoms with van der Waals surface area (Å²) in [5.74, 6) is 3.22. The number of halogens is 2. The molecule has 0 bridgehead atoms. The number of aromatic nitrogens is 2. The van der Waals surface area contributed by atoms with Gasteiger partial charge in [0, 0.05) is 35.6 Å². The third-order valence-electron chi connectivity index (χ3n) is 6.78. The molecule has 1 aliphatic carbocycles. The molecule has 0 spiro atoms. The van der Waals surface area contributed by atoms with Gasteiger partial charge in [-0.15, -0.1) is 0 Å². The summed E-state index contributed by atoms with van der Waals surface area (Å²) in [4.78, 5) is 11.3. The van der Waals surface area contributed by atoms with Crippen LogP contribution in [0.2, 0.25) is 0 Å². The lowest BCUT2D eigenvalue weighted by atomic mass is 10.0. The maximum atomic E-state index is 14.4. The van der Waals surface area contributed by atoms with E-state index in [1.807, 2.05) is 12.1 Å². The molecule has 2 fully saturated rings. The molecule has 1 aliphatic heterocycles. The van der Waals surface area contributed by atoms with Crippen LogP contribution in [0.5, 0.6) is 11.5 Å². The second kappa shape index (κ2) is 9.81. The lowest BCUT2D eigenvalue weighted by Crippen LogP contribution is -2.24. The summed E-state index contributed by atoms with van der Waals surface area (Å²) >= 11 is 3.28. The molecule has 5 rings (SSSR count). The minimum absolute atomic E-state index is 0.340. The molecule has 2 aliphatic rings. The van der Waals surface area contributed by atoms with Gasteiger partial charge in [-0.05, 0) is 55.4 Å². The number of nitrogens with one attached hydrogen (secondary N) is 1. The van der Waals surface area contributed by atoms with E-state index in [-0.39, 0.29) is 5.82 Å². The largest absolute Gasteiger partial charge is 0.493 e. The topological polar surface area (TPSA) is 59.5 Å². The Hall–Kier alpha value is -2.45. The van der Waals surface area contributed by atoms with Gasteiger partial charge >= 0.3 is 0 Å². The third-order valence-corrected chi connectivity index (χ3v) is 7.28. The first-order valence-electron chi connectivity index (χ1n) is 11.5. The number of fused-ring (bicyclic) bond motifs is 2. The molecule has 33 heavy (non-hydrogen) atoms. The summed E-state index contributed by atoms with van der Waals surface area (Å²) in [6.45, 7) is 4.14. The number of hydrogen-bond acceptors (Lipinski definition) is 6. The third kappa shape index (κ3) is 4.92. The van der Waals surface area contributed by atoms with Gasteiger partial charge in [0.05, 0.1) is 24.9 Å². The highest BCUT2D eigenvalue weighted by Gasteiger charge is 2.35. The Morgan fingerprint density at radius 3 is 2.70 bits per heavy atom. The number of nitrogens with zero attached hydrogens (tertiary/aromatic N) is 3. The Labute approximate surface area is 201 Å². The van der Waals surface area contributed by atoms with Crippen molar-refractivity contribution < 1.29 is 13.9 Å². The Morgan fingerprint density at radius 1 is 1.12 bits per heavy atom. The number of methoxy groups -OCH3 is 1. The van der Waals surface area contributed by atoms with Crippen LogP contribution in [-0.4, -0.2) is 48.2 Å². The van der Waals surface area contributed by atoms with Gasteiger partial charge in [-0.25, -0.2) is 14.4 Å². The summed E-state index contributed by atoms with van der Waals surface area (Å²) in [5, 5.41) is 3.82. The van der Waals surface area contributed by atoms with E-state index in [0.717, 1.165) is 30.2 Å². The standard InChI is InChI=1S/C25H28BrFN4O2/c1-32-23-12-22-19(25(29-15-28-22)30-21-7-6-18(26)10-20(21)27)11-24(23)33-9-3-8-31-13-16-4-2-5-17(16)14-31/h6-7,10-12,15-17H,2-5,8-9,13-14H2,1H3,(H,28,29,30). The normalized spacial score (nSPS) is 20.2. The minimum Gasteiger partial charge on any atom is -0.493 e. The Balaban J connectivity index is 1.29. The SMILES string of the molecule is COc1cc2ncnc(Nc3ccc(Br)cc3F)c2cc1OCCCN1CC2CCCC2C1. The minimum atomic E-state index is -0.368. The van der Waals surface area contributed by atoms with Crippen molar-refractivity contribution in [3.63, 3.8) is 0 Å². The number of hydrogen-bond donors (Lipinski definition) is 1. The van der Waals surface area contributed by atoms with Gasteiger partial charge in [0.15, 0.2) is 11.5 Å². The van der Waals surface area contributed by atoms with E-state index in [9.17, 15) is 4.39 Å². The molecule has 1 aromatic heterocycles. The van der Waals surface area contributed by atoms with E-state index < -0.39 is 0 Å². The van der Waals surface area contributed by atoms with Crippen molar-refractivity contribution in [1.29, 1.82) is 0 Å². The molecule has 2 atom stereocenters. The molecule has 174 valence electrons. The van der Waals surface area contributed by atoms with Crippen LogP contribution in [-0.2, 0) is 0 Å². The first-order valence-corrected chi connectivity index (χ1v) is 12.3. The van der Waals surface area contributed by atoms with Crippen molar-refractivity contribution in [1.82, 2.24) is 14.9 Å². The molecule has 1 N–H and O–H groups in total. The van der Waals surface area contributed by atoms with Crippen LogP contribution in [0.4, 0.5) is 15.9 Å². The zero-order valence-corrected chi connectivity index (χ0v) is 20.3. The maximum Gasteiger partial charge on any atom is 0.162 e. The van der Waals surface area contributed by atoms with Gasteiger partial charge in [-0.2, -0.15) is 0 Å². The van der Waals surface area contributed by atoms with Crippen LogP contribution in [0.3, 0.4) is 0 Å². The average molecular weight is 515 g/mol. The number of ether oxygens (including phenoxy) is 2. The quantitative estimate of drug-likeness (QED) is 0.384. The Morgan fingerprint density at radius 2 is 1.94 bits per heavy atom. The molecule has 1 saturated heterocycles. The van der Waals surface area contributed by atoms with Gasteiger partial charge in [0.25, 0.3) is 0 Å². The van der Waals surface area contributed by atoms with E-state index in [1.54, 1.807) is 19.2 Å². The van der Waals surface area contributed by atoms with Gasteiger partial charge in [-0.1, -0.05) is 22.4 Å². The van der Waals surface area contributed by atoms with Crippen molar-refractivity contribution >= 4 is 38.3 Å². The molecule has 3 aromatic rings. The predicted molar refractivity (Wildman–Crippen MR) is 131 cm³/mol. The predicted octanol–water partition coefficient (Wildman–Crippen LogP) is 5.78. The highest BCUT2D eigenvalue weighted by molar-refractivity contribution is 9.10. The van der Waals surface area contributed by atoms with Crippen LogP contribution in [0, 0.1) is 17.7 Å². The first kappa shape index (κ1) is 22.3. The summed E-state index contributed by atoms with van der Waals surface area (Å²) in [6.07, 6.45) is 6.61. The molecule has 1 saturated carbocycles. The van der Waals surface area contributed by atoms with Crippen molar-refractivity contribution in [2.75, 3.05) is 38.7 Å². The zero-order valence-electron chi connectivity index (χ0n) is 18.7. The molecular weight excluding hydrogens is 487 g/mol. The summed E-state index contributed by atoms with van der Waals surface area (Å²) in [6, 6.07) is 8.56. The van der Waals surface area contributed by atoms with Crippen LogP contribution in [0.15, 0.2) is 41.1 Å². The molecule has 0 amide bonds. The van der Waals surface area contributed by atoms with Gasteiger partial charge in [-0.3, -0.25) is 0 Å². The zero-order chi connectivity index (χ0) is 22.8. The number of rotatable bonds is 8. The van der Waals surface area contributed by atoms with Crippen LogP contribution in [0.1, 0.15) is 25.7 Å². The number of benzene rings is 2. The fourth-order valence-electron chi connectivity index (χ4n) is 5.14. The molecule has 0 radical (unpaired) electrons.